The van der Waals surface area contributed by atoms with Gasteiger partial charge in [-0.05, 0) is 116 Å². The Morgan fingerprint density at radius 3 is 0.976 bits per heavy atom. The lowest BCUT2D eigenvalue weighted by atomic mass is 10.0. The molecule has 486 valence electrons. The zero-order valence-electron chi connectivity index (χ0n) is 54.5. The molecular formula is C75H128NO8P. The first kappa shape index (κ1) is 81.2. The number of nitrogens with two attached hydrogens (primary N) is 1. The van der Waals surface area contributed by atoms with Crippen LogP contribution in [0.25, 0.3) is 0 Å². The Bertz CT molecular complexity index is 1860. The van der Waals surface area contributed by atoms with E-state index in [1.807, 2.05) is 0 Å². The standard InChI is InChI=1S/C75H128NO8P/c1-3-5-7-9-11-13-15-17-19-21-23-25-27-28-29-30-31-32-33-34-35-36-37-38-39-40-41-42-43-44-46-48-50-52-54-56-58-60-62-64-66-68-75(78)84-73(72-83-85(79,80)82-70-69-76)71-81-74(77)67-65-63-61-59-57-55-53-51-49-47-45-26-24-22-20-18-16-14-12-10-8-6-4-2/h5,7,11,13,17,19,22-25,28-29,31-32,34-35,37-38,40-41,43-44,73H,3-4,6,8-10,12,14-16,18,20-21,26-27,30,33,36,39,42,45-72,76H2,1-2H3,(H,79,80)/b7-5-,13-11-,19-17-,24-22-,25-23-,29-28-,32-31-,35-34-,38-37-,41-40-,44-43-. The van der Waals surface area contributed by atoms with E-state index in [9.17, 15) is 19.0 Å². The largest absolute Gasteiger partial charge is 0.472 e. The van der Waals surface area contributed by atoms with Gasteiger partial charge in [-0.1, -0.05) is 302 Å². The lowest BCUT2D eigenvalue weighted by molar-refractivity contribution is -0.161. The summed E-state index contributed by atoms with van der Waals surface area (Å²) in [5.74, 6) is -0.832. The lowest BCUT2D eigenvalue weighted by Gasteiger charge is -2.19. The van der Waals surface area contributed by atoms with Crippen LogP contribution in [0.15, 0.2) is 134 Å². The van der Waals surface area contributed by atoms with E-state index in [4.69, 9.17) is 24.3 Å². The molecule has 0 heterocycles. The van der Waals surface area contributed by atoms with Crippen LogP contribution in [-0.2, 0) is 32.7 Å². The van der Waals surface area contributed by atoms with Gasteiger partial charge in [0.25, 0.3) is 0 Å². The summed E-state index contributed by atoms with van der Waals surface area (Å²) in [5.41, 5.74) is 5.40. The monoisotopic (exact) mass is 1200 g/mol. The van der Waals surface area contributed by atoms with Crippen molar-refractivity contribution in [1.29, 1.82) is 0 Å². The van der Waals surface area contributed by atoms with Crippen molar-refractivity contribution in [2.45, 2.75) is 302 Å². The highest BCUT2D eigenvalue weighted by molar-refractivity contribution is 7.47. The summed E-state index contributed by atoms with van der Waals surface area (Å²) in [6.07, 6.45) is 98.2. The summed E-state index contributed by atoms with van der Waals surface area (Å²) in [7, 11) is -4.40. The van der Waals surface area contributed by atoms with E-state index in [0.29, 0.717) is 6.42 Å². The Hall–Kier alpha value is -3.85. The van der Waals surface area contributed by atoms with Gasteiger partial charge >= 0.3 is 19.8 Å². The van der Waals surface area contributed by atoms with E-state index in [0.717, 1.165) is 109 Å². The third kappa shape index (κ3) is 69.1. The topological polar surface area (TPSA) is 134 Å². The summed E-state index contributed by atoms with van der Waals surface area (Å²) in [6.45, 7) is 3.64. The fourth-order valence-electron chi connectivity index (χ4n) is 9.43. The van der Waals surface area contributed by atoms with E-state index < -0.39 is 26.5 Å². The van der Waals surface area contributed by atoms with Crippen molar-refractivity contribution >= 4 is 19.8 Å². The SMILES string of the molecule is CC/C=C\C/C=C\C/C=C\C/C=C\C/C=C\C/C=C\C/C=C\C/C=C\C/C=C\C/C=C\CCCCCCCCCCCCC(=O)OC(COC(=O)CCCCCCCCCCCCC/C=C\CCCCCCCCCC)COP(=O)(O)OCCN. The first-order chi connectivity index (χ1) is 41.8. The third-order valence-electron chi connectivity index (χ3n) is 14.5. The average molecular weight is 1200 g/mol. The van der Waals surface area contributed by atoms with Gasteiger partial charge in [0.2, 0.25) is 0 Å². The fraction of sp³-hybridized carbons (Fsp3) is 0.680. The second-order valence-electron chi connectivity index (χ2n) is 22.7. The van der Waals surface area contributed by atoms with Crippen LogP contribution in [0.1, 0.15) is 296 Å². The minimum Gasteiger partial charge on any atom is -0.462 e. The summed E-state index contributed by atoms with van der Waals surface area (Å²) in [5, 5.41) is 0. The van der Waals surface area contributed by atoms with Crippen molar-refractivity contribution in [1.82, 2.24) is 0 Å². The molecule has 0 aromatic rings. The van der Waals surface area contributed by atoms with Crippen LogP contribution in [0.2, 0.25) is 0 Å². The zero-order chi connectivity index (χ0) is 61.6. The Morgan fingerprint density at radius 2 is 0.647 bits per heavy atom. The van der Waals surface area contributed by atoms with Crippen molar-refractivity contribution in [3.63, 3.8) is 0 Å². The van der Waals surface area contributed by atoms with Gasteiger partial charge in [0.1, 0.15) is 6.61 Å². The smallest absolute Gasteiger partial charge is 0.462 e. The zero-order valence-corrected chi connectivity index (χ0v) is 55.4. The number of phosphoric acid groups is 1. The fourth-order valence-corrected chi connectivity index (χ4v) is 10.2. The molecule has 0 aliphatic heterocycles. The second-order valence-corrected chi connectivity index (χ2v) is 24.1. The van der Waals surface area contributed by atoms with Gasteiger partial charge in [-0.15, -0.1) is 0 Å². The molecule has 0 spiro atoms. The Morgan fingerprint density at radius 1 is 0.365 bits per heavy atom. The number of rotatable bonds is 64. The second kappa shape index (κ2) is 69.3. The molecule has 85 heavy (non-hydrogen) atoms. The first-order valence-corrected chi connectivity index (χ1v) is 36.2. The van der Waals surface area contributed by atoms with Gasteiger partial charge in [0, 0.05) is 19.4 Å². The van der Waals surface area contributed by atoms with Gasteiger partial charge in [-0.3, -0.25) is 18.6 Å². The van der Waals surface area contributed by atoms with E-state index in [1.54, 1.807) is 0 Å². The molecular weight excluding hydrogens is 1070 g/mol. The molecule has 0 amide bonds. The van der Waals surface area contributed by atoms with Gasteiger partial charge < -0.3 is 20.1 Å². The third-order valence-corrected chi connectivity index (χ3v) is 15.5. The molecule has 0 fully saturated rings. The Balaban J connectivity index is 3.94. The van der Waals surface area contributed by atoms with Crippen molar-refractivity contribution < 1.29 is 37.6 Å². The predicted octanol–water partition coefficient (Wildman–Crippen LogP) is 22.9. The van der Waals surface area contributed by atoms with Gasteiger partial charge in [-0.2, -0.15) is 0 Å². The van der Waals surface area contributed by atoms with Crippen molar-refractivity contribution in [3.05, 3.63) is 134 Å². The molecule has 0 aliphatic rings. The van der Waals surface area contributed by atoms with Crippen molar-refractivity contribution in [2.24, 2.45) is 5.73 Å². The highest BCUT2D eigenvalue weighted by Crippen LogP contribution is 2.43. The number of carbonyl (C=O) groups excluding carboxylic acids is 2. The number of carbonyl (C=O) groups is 2. The van der Waals surface area contributed by atoms with E-state index >= 15 is 0 Å². The minimum atomic E-state index is -4.40. The molecule has 10 heteroatoms. The maximum Gasteiger partial charge on any atom is 0.472 e. The first-order valence-electron chi connectivity index (χ1n) is 34.7. The molecule has 2 unspecified atom stereocenters. The number of hydrogen-bond donors (Lipinski definition) is 2. The molecule has 0 aromatic carbocycles. The molecule has 2 atom stereocenters. The Labute approximate surface area is 523 Å². The highest BCUT2D eigenvalue weighted by Gasteiger charge is 2.26. The number of phosphoric ester groups is 1. The van der Waals surface area contributed by atoms with E-state index in [2.05, 4.69) is 148 Å². The molecule has 3 N–H and O–H groups in total. The van der Waals surface area contributed by atoms with Crippen LogP contribution >= 0.6 is 7.82 Å². The van der Waals surface area contributed by atoms with Crippen LogP contribution < -0.4 is 5.73 Å². The maximum absolute atomic E-state index is 12.8. The summed E-state index contributed by atoms with van der Waals surface area (Å²) in [6, 6.07) is 0. The van der Waals surface area contributed by atoms with E-state index in [-0.39, 0.29) is 38.6 Å². The van der Waals surface area contributed by atoms with Crippen LogP contribution in [0.5, 0.6) is 0 Å². The number of esters is 2. The highest BCUT2D eigenvalue weighted by atomic mass is 31.2. The van der Waals surface area contributed by atoms with Crippen LogP contribution in [0, 0.1) is 0 Å². The summed E-state index contributed by atoms with van der Waals surface area (Å²) in [4.78, 5) is 35.3. The molecule has 0 saturated carbocycles. The van der Waals surface area contributed by atoms with Crippen molar-refractivity contribution in [2.75, 3.05) is 26.4 Å². The quantitative estimate of drug-likeness (QED) is 0.0264. The molecule has 0 bridgehead atoms. The van der Waals surface area contributed by atoms with Gasteiger partial charge in [0.15, 0.2) is 6.10 Å². The Kier molecular flexibility index (Phi) is 66.1. The molecule has 0 saturated heterocycles. The van der Waals surface area contributed by atoms with Gasteiger partial charge in [0.05, 0.1) is 13.2 Å². The molecule has 9 nitrogen and oxygen atoms in total. The van der Waals surface area contributed by atoms with Crippen molar-refractivity contribution in [3.8, 4) is 0 Å². The number of ether oxygens (including phenoxy) is 2. The predicted molar refractivity (Wildman–Crippen MR) is 367 cm³/mol. The summed E-state index contributed by atoms with van der Waals surface area (Å²) < 4.78 is 33.1. The van der Waals surface area contributed by atoms with Crippen LogP contribution in [-0.4, -0.2) is 49.3 Å². The van der Waals surface area contributed by atoms with Crippen LogP contribution in [0.4, 0.5) is 0 Å². The molecule has 0 rings (SSSR count). The number of unbranched alkanes of at least 4 members (excludes halogenated alkanes) is 29. The number of allylic oxidation sites excluding steroid dienone is 22. The lowest BCUT2D eigenvalue weighted by Crippen LogP contribution is -2.29. The average Bonchev–Trinajstić information content (AvgIpc) is 3.52. The number of hydrogen-bond acceptors (Lipinski definition) is 8. The van der Waals surface area contributed by atoms with E-state index in [1.165, 1.54) is 154 Å². The maximum atomic E-state index is 12.8. The summed E-state index contributed by atoms with van der Waals surface area (Å²) >= 11 is 0. The molecule has 0 aliphatic carbocycles. The molecule has 0 aromatic heterocycles. The molecule has 0 radical (unpaired) electrons. The van der Waals surface area contributed by atoms with Gasteiger partial charge in [-0.25, -0.2) is 4.57 Å². The normalized spacial score (nSPS) is 13.8. The van der Waals surface area contributed by atoms with Crippen LogP contribution in [0.3, 0.4) is 0 Å². The minimum absolute atomic E-state index is 0.0479.